The van der Waals surface area contributed by atoms with E-state index in [4.69, 9.17) is 4.42 Å². The van der Waals surface area contributed by atoms with Crippen molar-refractivity contribution < 1.29 is 9.21 Å². The van der Waals surface area contributed by atoms with Gasteiger partial charge in [-0.3, -0.25) is 9.36 Å². The highest BCUT2D eigenvalue weighted by Gasteiger charge is 2.15. The number of nitrogens with zero attached hydrogens (tertiary/aromatic N) is 5. The number of rotatable bonds is 5. The molecule has 0 atom stereocenters. The lowest BCUT2D eigenvalue weighted by atomic mass is 10.3. The van der Waals surface area contributed by atoms with Crippen LogP contribution in [0.1, 0.15) is 23.5 Å². The van der Waals surface area contributed by atoms with Crippen molar-refractivity contribution in [3.05, 3.63) is 64.0 Å². The summed E-state index contributed by atoms with van der Waals surface area (Å²) in [5.74, 6) is 0.126. The molecule has 0 saturated carbocycles. The number of aromatic nitrogens is 5. The van der Waals surface area contributed by atoms with E-state index >= 15 is 0 Å². The van der Waals surface area contributed by atoms with Gasteiger partial charge in [0, 0.05) is 30.4 Å². The molecule has 1 amide bonds. The molecule has 9 nitrogen and oxygen atoms in total. The molecule has 1 aromatic carbocycles. The van der Waals surface area contributed by atoms with Gasteiger partial charge in [-0.05, 0) is 39.0 Å². The molecule has 3 aromatic heterocycles. The van der Waals surface area contributed by atoms with E-state index in [2.05, 4.69) is 20.4 Å². The van der Waals surface area contributed by atoms with E-state index in [9.17, 15) is 9.59 Å². The molecule has 1 N–H and O–H groups in total. The number of benzene rings is 1. The van der Waals surface area contributed by atoms with Crippen molar-refractivity contribution in [1.29, 1.82) is 0 Å². The minimum absolute atomic E-state index is 0.0986. The highest BCUT2D eigenvalue weighted by molar-refractivity contribution is 5.90. The van der Waals surface area contributed by atoms with E-state index in [0.717, 1.165) is 17.1 Å². The Hall–Kier alpha value is -3.75. The smallest absolute Gasteiger partial charge is 0.408 e. The Morgan fingerprint density at radius 2 is 1.79 bits per heavy atom. The molecule has 9 heteroatoms. The van der Waals surface area contributed by atoms with Crippen molar-refractivity contribution in [2.24, 2.45) is 0 Å². The Morgan fingerprint density at radius 3 is 2.55 bits per heavy atom. The number of anilines is 1. The maximum atomic E-state index is 12.5. The standard InChI is InChI=1S/C20H20N6O3/c1-12-10-13(2)22-19(21-12)26-17(11-14(3)24-26)23-18(27)8-9-25-15-6-4-5-7-16(15)29-20(25)28/h4-7,10-11H,8-9H2,1-3H3,(H,23,27). The van der Waals surface area contributed by atoms with Crippen molar-refractivity contribution in [3.8, 4) is 5.95 Å². The molecular weight excluding hydrogens is 372 g/mol. The zero-order chi connectivity index (χ0) is 20.5. The fourth-order valence-electron chi connectivity index (χ4n) is 3.19. The minimum atomic E-state index is -0.483. The van der Waals surface area contributed by atoms with Crippen LogP contribution >= 0.6 is 0 Å². The van der Waals surface area contributed by atoms with Crippen molar-refractivity contribution in [2.45, 2.75) is 33.7 Å². The average Bonchev–Trinajstić information content (AvgIpc) is 3.18. The number of nitrogens with one attached hydrogen (secondary N) is 1. The molecule has 0 saturated heterocycles. The lowest BCUT2D eigenvalue weighted by molar-refractivity contribution is -0.116. The molecule has 29 heavy (non-hydrogen) atoms. The summed E-state index contributed by atoms with van der Waals surface area (Å²) in [5, 5.41) is 7.22. The van der Waals surface area contributed by atoms with Gasteiger partial charge in [0.05, 0.1) is 11.2 Å². The van der Waals surface area contributed by atoms with Crippen molar-refractivity contribution in [1.82, 2.24) is 24.3 Å². The van der Waals surface area contributed by atoms with Crippen LogP contribution in [-0.4, -0.2) is 30.2 Å². The first kappa shape index (κ1) is 18.6. The molecule has 4 rings (SSSR count). The number of oxazole rings is 1. The molecule has 3 heterocycles. The second-order valence-corrected chi connectivity index (χ2v) is 6.82. The second-order valence-electron chi connectivity index (χ2n) is 6.82. The zero-order valence-electron chi connectivity index (χ0n) is 16.3. The van der Waals surface area contributed by atoms with Gasteiger partial charge >= 0.3 is 5.76 Å². The van der Waals surface area contributed by atoms with Crippen molar-refractivity contribution in [3.63, 3.8) is 0 Å². The van der Waals surface area contributed by atoms with E-state index in [1.165, 1.54) is 9.25 Å². The molecule has 0 spiro atoms. The van der Waals surface area contributed by atoms with Crippen LogP contribution in [0.25, 0.3) is 17.0 Å². The first-order chi connectivity index (χ1) is 13.9. The number of carbonyl (C=O) groups excluding carboxylic acids is 1. The van der Waals surface area contributed by atoms with E-state index in [1.54, 1.807) is 24.3 Å². The highest BCUT2D eigenvalue weighted by atomic mass is 16.4. The molecule has 0 aliphatic rings. The van der Waals surface area contributed by atoms with Crippen LogP contribution in [0.3, 0.4) is 0 Å². The average molecular weight is 392 g/mol. The summed E-state index contributed by atoms with van der Waals surface area (Å²) < 4.78 is 8.15. The molecule has 0 unspecified atom stereocenters. The highest BCUT2D eigenvalue weighted by Crippen LogP contribution is 2.16. The molecule has 0 aliphatic heterocycles. The molecule has 0 bridgehead atoms. The number of aryl methyl sites for hydroxylation is 4. The van der Waals surface area contributed by atoms with Crippen LogP contribution in [0.5, 0.6) is 0 Å². The second kappa shape index (κ2) is 7.34. The Labute approximate surface area is 166 Å². The van der Waals surface area contributed by atoms with E-state index in [1.807, 2.05) is 32.9 Å². The van der Waals surface area contributed by atoms with Crippen LogP contribution < -0.4 is 11.1 Å². The van der Waals surface area contributed by atoms with Crippen LogP contribution in [-0.2, 0) is 11.3 Å². The quantitative estimate of drug-likeness (QED) is 0.559. The van der Waals surface area contributed by atoms with Gasteiger partial charge in [0.25, 0.3) is 5.95 Å². The zero-order valence-corrected chi connectivity index (χ0v) is 16.3. The lowest BCUT2D eigenvalue weighted by Crippen LogP contribution is -2.21. The summed E-state index contributed by atoms with van der Waals surface area (Å²) in [6.07, 6.45) is 0.0986. The number of amides is 1. The van der Waals surface area contributed by atoms with Gasteiger partial charge < -0.3 is 9.73 Å². The SMILES string of the molecule is Cc1cc(C)nc(-n2nc(C)cc2NC(=O)CCn2c(=O)oc3ccccc32)n1. The third kappa shape index (κ3) is 3.79. The summed E-state index contributed by atoms with van der Waals surface area (Å²) in [6.45, 7) is 5.78. The monoisotopic (exact) mass is 392 g/mol. The third-order valence-electron chi connectivity index (χ3n) is 4.40. The van der Waals surface area contributed by atoms with Gasteiger partial charge in [-0.25, -0.2) is 14.8 Å². The summed E-state index contributed by atoms with van der Waals surface area (Å²) in [4.78, 5) is 33.4. The predicted octanol–water partition coefficient (Wildman–Crippen LogP) is 2.52. The van der Waals surface area contributed by atoms with Crippen LogP contribution in [0.15, 0.2) is 45.6 Å². The van der Waals surface area contributed by atoms with E-state index < -0.39 is 5.76 Å². The summed E-state index contributed by atoms with van der Waals surface area (Å²) >= 11 is 0. The lowest BCUT2D eigenvalue weighted by Gasteiger charge is -2.09. The van der Waals surface area contributed by atoms with Crippen molar-refractivity contribution >= 4 is 22.8 Å². The molecule has 4 aromatic rings. The predicted molar refractivity (Wildman–Crippen MR) is 107 cm³/mol. The van der Waals surface area contributed by atoms with Crippen LogP contribution in [0.4, 0.5) is 5.82 Å². The Bertz CT molecular complexity index is 1250. The van der Waals surface area contributed by atoms with Gasteiger partial charge in [0.1, 0.15) is 5.82 Å². The largest absolute Gasteiger partial charge is 0.419 e. The third-order valence-corrected chi connectivity index (χ3v) is 4.40. The number of carbonyl (C=O) groups is 1. The van der Waals surface area contributed by atoms with Gasteiger partial charge in [0.2, 0.25) is 5.91 Å². The molecule has 0 radical (unpaired) electrons. The van der Waals surface area contributed by atoms with Crippen LogP contribution in [0, 0.1) is 20.8 Å². The summed E-state index contributed by atoms with van der Waals surface area (Å²) in [6, 6.07) is 10.7. The summed E-state index contributed by atoms with van der Waals surface area (Å²) in [5.41, 5.74) is 3.50. The first-order valence-electron chi connectivity index (χ1n) is 9.18. The first-order valence-corrected chi connectivity index (χ1v) is 9.18. The summed E-state index contributed by atoms with van der Waals surface area (Å²) in [7, 11) is 0. The number of hydrogen-bond donors (Lipinski definition) is 1. The number of para-hydroxylation sites is 2. The van der Waals surface area contributed by atoms with Crippen molar-refractivity contribution in [2.75, 3.05) is 5.32 Å². The van der Waals surface area contributed by atoms with Gasteiger partial charge in [-0.15, -0.1) is 0 Å². The Balaban J connectivity index is 1.53. The normalized spacial score (nSPS) is 11.1. The minimum Gasteiger partial charge on any atom is -0.408 e. The fourth-order valence-corrected chi connectivity index (χ4v) is 3.19. The number of fused-ring (bicyclic) bond motifs is 1. The molecular formula is C20H20N6O3. The fraction of sp³-hybridized carbons (Fsp3) is 0.250. The maximum Gasteiger partial charge on any atom is 0.419 e. The number of hydrogen-bond acceptors (Lipinski definition) is 6. The Kier molecular flexibility index (Phi) is 4.71. The topological polar surface area (TPSA) is 108 Å². The van der Waals surface area contributed by atoms with E-state index in [0.29, 0.717) is 22.9 Å². The molecule has 0 fully saturated rings. The molecule has 0 aliphatic carbocycles. The van der Waals surface area contributed by atoms with E-state index in [-0.39, 0.29) is 18.9 Å². The maximum absolute atomic E-state index is 12.5. The Morgan fingerprint density at radius 1 is 1.07 bits per heavy atom. The molecule has 148 valence electrons. The van der Waals surface area contributed by atoms with Crippen LogP contribution in [0.2, 0.25) is 0 Å². The van der Waals surface area contributed by atoms with Gasteiger partial charge in [-0.2, -0.15) is 9.78 Å². The van der Waals surface area contributed by atoms with Gasteiger partial charge in [0.15, 0.2) is 5.58 Å². The van der Waals surface area contributed by atoms with Gasteiger partial charge in [-0.1, -0.05) is 12.1 Å².